The van der Waals surface area contributed by atoms with Crippen molar-refractivity contribution in [2.45, 2.75) is 53.5 Å². The van der Waals surface area contributed by atoms with Gasteiger partial charge in [0.15, 0.2) is 0 Å². The fraction of sp³-hybridized carbons (Fsp3) is 0.875. The van der Waals surface area contributed by atoms with Crippen LogP contribution in [-0.4, -0.2) is 24.6 Å². The first kappa shape index (κ1) is 14.8. The Morgan fingerprint density at radius 3 is 2.12 bits per heavy atom. The van der Waals surface area contributed by atoms with E-state index in [2.05, 4.69) is 61.0 Å². The highest BCUT2D eigenvalue weighted by molar-refractivity contribution is 4.95. The minimum absolute atomic E-state index is 0.739. The van der Waals surface area contributed by atoms with E-state index in [1.807, 2.05) is 0 Å². The minimum atomic E-state index is 0.739. The van der Waals surface area contributed by atoms with E-state index in [9.17, 15) is 0 Å². The number of rotatable bonds is 5. The summed E-state index contributed by atoms with van der Waals surface area (Å²) < 4.78 is 1.05. The molecule has 0 fully saturated rings. The Balaban J connectivity index is 2.62. The molecular weight excluding hydrogens is 206 g/mol. The van der Waals surface area contributed by atoms with Gasteiger partial charge in [0.25, 0.3) is 0 Å². The molecule has 0 amide bonds. The lowest BCUT2D eigenvalue weighted by atomic mass is 9.77. The summed E-state index contributed by atoms with van der Waals surface area (Å²) in [7, 11) is 4.63. The molecule has 0 N–H and O–H groups in total. The highest BCUT2D eigenvalue weighted by Gasteiger charge is 2.36. The van der Waals surface area contributed by atoms with Gasteiger partial charge in [-0.25, -0.2) is 0 Å². The Morgan fingerprint density at radius 1 is 1.18 bits per heavy atom. The Kier molecular flexibility index (Phi) is 4.83. The molecular formula is C16H32N+. The fourth-order valence-corrected chi connectivity index (χ4v) is 3.04. The average molecular weight is 238 g/mol. The van der Waals surface area contributed by atoms with Crippen molar-refractivity contribution in [3.8, 4) is 0 Å². The molecule has 0 saturated heterocycles. The molecule has 0 aromatic carbocycles. The van der Waals surface area contributed by atoms with E-state index in [-0.39, 0.29) is 0 Å². The largest absolute Gasteiger partial charge is 0.300 e. The van der Waals surface area contributed by atoms with Gasteiger partial charge in [0, 0.05) is 5.92 Å². The second kappa shape index (κ2) is 5.56. The van der Waals surface area contributed by atoms with Crippen LogP contribution in [0.2, 0.25) is 0 Å². The van der Waals surface area contributed by atoms with Gasteiger partial charge in [-0.15, -0.1) is 0 Å². The molecule has 1 heterocycles. The van der Waals surface area contributed by atoms with Gasteiger partial charge in [-0.05, 0) is 37.2 Å². The Bertz CT molecular complexity index is 265. The van der Waals surface area contributed by atoms with E-state index in [1.165, 1.54) is 12.8 Å². The van der Waals surface area contributed by atoms with Crippen LogP contribution in [0.3, 0.4) is 0 Å². The molecule has 0 aromatic heterocycles. The second-order valence-corrected chi connectivity index (χ2v) is 6.88. The van der Waals surface area contributed by atoms with Crippen LogP contribution in [0.15, 0.2) is 12.3 Å². The number of quaternary nitrogens is 1. The van der Waals surface area contributed by atoms with Gasteiger partial charge < -0.3 is 0 Å². The zero-order valence-electron chi connectivity index (χ0n) is 12.9. The molecule has 0 saturated carbocycles. The Morgan fingerprint density at radius 2 is 1.76 bits per heavy atom. The topological polar surface area (TPSA) is 0 Å². The molecule has 17 heavy (non-hydrogen) atoms. The standard InChI is InChI=1S/C16H32N/c1-8-15(13(4)12(2)3)11-16-9-10-17(6,7)14(16)5/h9-10,12-16H,8,11H2,1-7H3/q+1. The van der Waals surface area contributed by atoms with E-state index < -0.39 is 0 Å². The van der Waals surface area contributed by atoms with E-state index in [0.29, 0.717) is 0 Å². The van der Waals surface area contributed by atoms with Crippen LogP contribution < -0.4 is 0 Å². The summed E-state index contributed by atoms with van der Waals surface area (Å²) in [5.74, 6) is 3.31. The molecule has 0 bridgehead atoms. The van der Waals surface area contributed by atoms with E-state index in [4.69, 9.17) is 0 Å². The summed E-state index contributed by atoms with van der Waals surface area (Å²) in [5, 5.41) is 0. The number of hydrogen-bond acceptors (Lipinski definition) is 0. The lowest BCUT2D eigenvalue weighted by Crippen LogP contribution is -2.42. The van der Waals surface area contributed by atoms with Crippen molar-refractivity contribution in [2.75, 3.05) is 14.1 Å². The lowest BCUT2D eigenvalue weighted by molar-refractivity contribution is -0.860. The van der Waals surface area contributed by atoms with Crippen molar-refractivity contribution in [1.29, 1.82) is 0 Å². The molecule has 1 aliphatic heterocycles. The quantitative estimate of drug-likeness (QED) is 0.626. The smallest absolute Gasteiger partial charge is 0.0965 e. The molecule has 100 valence electrons. The Labute approximate surface area is 108 Å². The normalized spacial score (nSPS) is 30.8. The fourth-order valence-electron chi connectivity index (χ4n) is 3.04. The van der Waals surface area contributed by atoms with Crippen molar-refractivity contribution in [3.63, 3.8) is 0 Å². The maximum atomic E-state index is 2.46. The first-order chi connectivity index (χ1) is 7.79. The highest BCUT2D eigenvalue weighted by Crippen LogP contribution is 2.35. The summed E-state index contributed by atoms with van der Waals surface area (Å²) >= 11 is 0. The maximum absolute atomic E-state index is 2.46. The molecule has 0 aliphatic carbocycles. The number of nitrogens with zero attached hydrogens (tertiary/aromatic N) is 1. The van der Waals surface area contributed by atoms with Crippen LogP contribution in [0, 0.1) is 23.7 Å². The third-order valence-corrected chi connectivity index (χ3v) is 5.28. The summed E-state index contributed by atoms with van der Waals surface area (Å²) in [5.41, 5.74) is 0. The van der Waals surface area contributed by atoms with Crippen LogP contribution in [0.1, 0.15) is 47.5 Å². The third kappa shape index (κ3) is 3.34. The van der Waals surface area contributed by atoms with Gasteiger partial charge in [-0.3, -0.25) is 4.48 Å². The molecule has 4 unspecified atom stereocenters. The average Bonchev–Trinajstić information content (AvgIpc) is 2.51. The van der Waals surface area contributed by atoms with Crippen LogP contribution in [0.25, 0.3) is 0 Å². The summed E-state index contributed by atoms with van der Waals surface area (Å²) in [6, 6.07) is 0.739. The van der Waals surface area contributed by atoms with Crippen LogP contribution in [0.4, 0.5) is 0 Å². The summed E-state index contributed by atoms with van der Waals surface area (Å²) in [6.07, 6.45) is 7.53. The van der Waals surface area contributed by atoms with Crippen LogP contribution >= 0.6 is 0 Å². The predicted octanol–water partition coefficient (Wildman–Crippen LogP) is 4.30. The zero-order chi connectivity index (χ0) is 13.2. The van der Waals surface area contributed by atoms with E-state index in [1.54, 1.807) is 0 Å². The molecule has 0 aromatic rings. The SMILES string of the molecule is CCC(CC1C=C[N+](C)(C)C1C)C(C)C(C)C. The molecule has 0 spiro atoms. The number of hydrogen-bond donors (Lipinski definition) is 0. The van der Waals surface area contributed by atoms with Gasteiger partial charge in [0.05, 0.1) is 26.3 Å². The van der Waals surface area contributed by atoms with Crippen molar-refractivity contribution in [3.05, 3.63) is 12.3 Å². The molecule has 1 aliphatic rings. The van der Waals surface area contributed by atoms with Crippen molar-refractivity contribution < 1.29 is 4.48 Å². The van der Waals surface area contributed by atoms with Gasteiger partial charge in [0.2, 0.25) is 0 Å². The van der Waals surface area contributed by atoms with Crippen LogP contribution in [0.5, 0.6) is 0 Å². The van der Waals surface area contributed by atoms with Crippen LogP contribution in [-0.2, 0) is 0 Å². The first-order valence-electron chi connectivity index (χ1n) is 7.32. The molecule has 1 rings (SSSR count). The highest BCUT2D eigenvalue weighted by atomic mass is 15.3. The first-order valence-corrected chi connectivity index (χ1v) is 7.32. The maximum Gasteiger partial charge on any atom is 0.0965 e. The van der Waals surface area contributed by atoms with Gasteiger partial charge in [-0.2, -0.15) is 0 Å². The monoisotopic (exact) mass is 238 g/mol. The Hall–Kier alpha value is -0.300. The van der Waals surface area contributed by atoms with Gasteiger partial charge in [-0.1, -0.05) is 34.1 Å². The minimum Gasteiger partial charge on any atom is -0.300 e. The van der Waals surface area contributed by atoms with Gasteiger partial charge >= 0.3 is 0 Å². The zero-order valence-corrected chi connectivity index (χ0v) is 12.9. The van der Waals surface area contributed by atoms with Crippen molar-refractivity contribution in [1.82, 2.24) is 0 Å². The summed E-state index contributed by atoms with van der Waals surface area (Å²) in [6.45, 7) is 11.9. The van der Waals surface area contributed by atoms with E-state index >= 15 is 0 Å². The second-order valence-electron chi connectivity index (χ2n) is 6.88. The molecule has 4 atom stereocenters. The third-order valence-electron chi connectivity index (χ3n) is 5.28. The molecule has 0 radical (unpaired) electrons. The molecule has 1 heteroatoms. The van der Waals surface area contributed by atoms with Gasteiger partial charge in [0.1, 0.15) is 0 Å². The van der Waals surface area contributed by atoms with Crippen molar-refractivity contribution >= 4 is 0 Å². The lowest BCUT2D eigenvalue weighted by Gasteiger charge is -2.33. The molecule has 1 nitrogen and oxygen atoms in total. The van der Waals surface area contributed by atoms with Crippen molar-refractivity contribution in [2.24, 2.45) is 23.7 Å². The van der Waals surface area contributed by atoms with E-state index in [0.717, 1.165) is 34.2 Å². The predicted molar refractivity (Wildman–Crippen MR) is 76.6 cm³/mol. The summed E-state index contributed by atoms with van der Waals surface area (Å²) in [4.78, 5) is 0.